The van der Waals surface area contributed by atoms with E-state index in [1.807, 2.05) is 0 Å². The number of nitro benzene ring substituents is 1. The zero-order valence-corrected chi connectivity index (χ0v) is 16.7. The van der Waals surface area contributed by atoms with Gasteiger partial charge in [-0.15, -0.1) is 13.2 Å². The molecule has 0 amide bonds. The van der Waals surface area contributed by atoms with Gasteiger partial charge in [-0.05, 0) is 35.4 Å². The average Bonchev–Trinajstić information content (AvgIpc) is 2.76. The van der Waals surface area contributed by atoms with Crippen LogP contribution in [0.1, 0.15) is 11.3 Å². The summed E-state index contributed by atoms with van der Waals surface area (Å²) >= 11 is 0. The number of ether oxygens (including phenoxy) is 1. The van der Waals surface area contributed by atoms with Gasteiger partial charge in [0.1, 0.15) is 11.4 Å². The van der Waals surface area contributed by atoms with Crippen LogP contribution in [0, 0.1) is 10.1 Å². The zero-order chi connectivity index (χ0) is 23.8. The van der Waals surface area contributed by atoms with Crippen LogP contribution in [-0.2, 0) is 6.42 Å². The van der Waals surface area contributed by atoms with Gasteiger partial charge in [0.15, 0.2) is 0 Å². The predicted octanol–water partition coefficient (Wildman–Crippen LogP) is 4.57. The number of benzene rings is 3. The molecule has 0 aliphatic heterocycles. The fraction of sp³-hybridized carbons (Fsp3) is 0.0909. The Labute approximate surface area is 183 Å². The fourth-order valence-corrected chi connectivity index (χ4v) is 3.50. The van der Waals surface area contributed by atoms with Crippen LogP contribution in [0.3, 0.4) is 0 Å². The molecule has 4 aromatic rings. The minimum absolute atomic E-state index is 0.0124. The van der Waals surface area contributed by atoms with Gasteiger partial charge in [-0.3, -0.25) is 14.9 Å². The van der Waals surface area contributed by atoms with Gasteiger partial charge in [-0.25, -0.2) is 5.10 Å². The number of hydrogen-bond donors (Lipinski definition) is 2. The van der Waals surface area contributed by atoms with E-state index in [9.17, 15) is 28.1 Å². The number of aromatic nitrogens is 2. The maximum atomic E-state index is 13.0. The molecule has 0 bridgehead atoms. The molecule has 1 heterocycles. The Morgan fingerprint density at radius 2 is 1.79 bits per heavy atom. The predicted molar refractivity (Wildman–Crippen MR) is 115 cm³/mol. The van der Waals surface area contributed by atoms with Crippen LogP contribution in [-0.4, -0.2) is 21.5 Å². The molecular formula is C22H15F3N4O4. The molecule has 0 fully saturated rings. The van der Waals surface area contributed by atoms with E-state index in [2.05, 4.69) is 14.9 Å². The number of halogens is 3. The van der Waals surface area contributed by atoms with Crippen LogP contribution in [0.25, 0.3) is 21.9 Å². The van der Waals surface area contributed by atoms with Crippen molar-refractivity contribution in [1.29, 1.82) is 0 Å². The highest BCUT2D eigenvalue weighted by Crippen LogP contribution is 2.38. The van der Waals surface area contributed by atoms with E-state index in [0.717, 1.165) is 12.1 Å². The number of rotatable bonds is 5. The van der Waals surface area contributed by atoms with Gasteiger partial charge < -0.3 is 10.5 Å². The number of hydrogen-bond acceptors (Lipinski definition) is 6. The molecule has 0 aliphatic rings. The van der Waals surface area contributed by atoms with Crippen molar-refractivity contribution in [1.82, 2.24) is 10.2 Å². The number of nitrogen functional groups attached to an aromatic ring is 1. The van der Waals surface area contributed by atoms with E-state index in [0.29, 0.717) is 22.0 Å². The Morgan fingerprint density at radius 1 is 1.06 bits per heavy atom. The molecule has 0 saturated carbocycles. The summed E-state index contributed by atoms with van der Waals surface area (Å²) < 4.78 is 43.1. The van der Waals surface area contributed by atoms with Crippen molar-refractivity contribution in [2.75, 3.05) is 5.73 Å². The maximum absolute atomic E-state index is 13.0. The van der Waals surface area contributed by atoms with Crippen molar-refractivity contribution in [3.05, 3.63) is 92.4 Å². The highest BCUT2D eigenvalue weighted by Gasteiger charge is 2.32. The van der Waals surface area contributed by atoms with Crippen molar-refractivity contribution in [2.45, 2.75) is 12.8 Å². The topological polar surface area (TPSA) is 124 Å². The Balaban J connectivity index is 1.83. The van der Waals surface area contributed by atoms with Crippen molar-refractivity contribution in [3.8, 4) is 16.9 Å². The van der Waals surface area contributed by atoms with Gasteiger partial charge in [-0.2, -0.15) is 5.10 Å². The lowest BCUT2D eigenvalue weighted by molar-refractivity contribution is -0.383. The molecule has 0 saturated heterocycles. The smallest absolute Gasteiger partial charge is 0.405 e. The molecule has 3 N–H and O–H groups in total. The van der Waals surface area contributed by atoms with E-state index in [-0.39, 0.29) is 28.8 Å². The third-order valence-corrected chi connectivity index (χ3v) is 4.95. The highest BCUT2D eigenvalue weighted by atomic mass is 19.4. The van der Waals surface area contributed by atoms with Gasteiger partial charge >= 0.3 is 6.36 Å². The number of nitrogens with one attached hydrogen (secondary N) is 1. The monoisotopic (exact) mass is 456 g/mol. The van der Waals surface area contributed by atoms with Gasteiger partial charge in [-0.1, -0.05) is 30.3 Å². The lowest BCUT2D eigenvalue weighted by Gasteiger charge is -2.15. The molecule has 3 aromatic carbocycles. The third-order valence-electron chi connectivity index (χ3n) is 4.95. The van der Waals surface area contributed by atoms with Crippen molar-refractivity contribution in [3.63, 3.8) is 0 Å². The Hall–Kier alpha value is -4.41. The van der Waals surface area contributed by atoms with Crippen molar-refractivity contribution < 1.29 is 22.8 Å². The van der Waals surface area contributed by atoms with E-state index in [4.69, 9.17) is 5.73 Å². The largest absolute Gasteiger partial charge is 0.573 e. The SMILES string of the molecule is Nc1ccc(-c2cc(Cc3n[nH]c(=O)c4ccccc34)ccc2OC(F)(F)F)cc1[N+](=O)[O-]. The van der Waals surface area contributed by atoms with Gasteiger partial charge in [0.05, 0.1) is 16.0 Å². The zero-order valence-electron chi connectivity index (χ0n) is 16.7. The van der Waals surface area contributed by atoms with E-state index >= 15 is 0 Å². The van der Waals surface area contributed by atoms with E-state index in [1.54, 1.807) is 24.3 Å². The van der Waals surface area contributed by atoms with Crippen LogP contribution in [0.15, 0.2) is 65.5 Å². The van der Waals surface area contributed by atoms with Gasteiger partial charge in [0.25, 0.3) is 11.2 Å². The number of nitrogens with zero attached hydrogens (tertiary/aromatic N) is 2. The second-order valence-electron chi connectivity index (χ2n) is 7.13. The quantitative estimate of drug-likeness (QED) is 0.258. The standard InChI is InChI=1S/C22H15F3N4O4/c23-22(24,25)33-20-8-5-12(9-16(20)13-6-7-17(26)19(11-13)29(31)32)10-18-14-3-1-2-4-15(14)21(30)28-27-18/h1-9,11H,10,26H2,(H,28,30). The molecule has 1 aromatic heterocycles. The first kappa shape index (κ1) is 21.8. The highest BCUT2D eigenvalue weighted by molar-refractivity contribution is 5.84. The number of nitrogens with two attached hydrogens (primary N) is 1. The summed E-state index contributed by atoms with van der Waals surface area (Å²) in [4.78, 5) is 22.5. The summed E-state index contributed by atoms with van der Waals surface area (Å²) in [6.45, 7) is 0. The van der Waals surface area contributed by atoms with E-state index < -0.39 is 22.7 Å². The first-order chi connectivity index (χ1) is 15.6. The average molecular weight is 456 g/mol. The minimum Gasteiger partial charge on any atom is -0.405 e. The summed E-state index contributed by atoms with van der Waals surface area (Å²) in [7, 11) is 0. The third kappa shape index (κ3) is 4.61. The molecule has 168 valence electrons. The molecule has 0 atom stereocenters. The van der Waals surface area contributed by atoms with Crippen LogP contribution < -0.4 is 16.0 Å². The van der Waals surface area contributed by atoms with Crippen LogP contribution in [0.5, 0.6) is 5.75 Å². The molecule has 33 heavy (non-hydrogen) atoms. The first-order valence-corrected chi connectivity index (χ1v) is 9.51. The summed E-state index contributed by atoms with van der Waals surface area (Å²) in [5.74, 6) is -0.524. The lowest BCUT2D eigenvalue weighted by atomic mass is 9.98. The lowest BCUT2D eigenvalue weighted by Crippen LogP contribution is -2.17. The van der Waals surface area contributed by atoms with Gasteiger partial charge in [0, 0.05) is 23.4 Å². The summed E-state index contributed by atoms with van der Waals surface area (Å²) in [6.07, 6.45) is -4.79. The second kappa shape index (κ2) is 8.26. The Kier molecular flexibility index (Phi) is 5.46. The molecule has 0 radical (unpaired) electrons. The first-order valence-electron chi connectivity index (χ1n) is 9.51. The number of anilines is 1. The molecule has 0 aliphatic carbocycles. The summed E-state index contributed by atoms with van der Waals surface area (Å²) in [5, 5.41) is 18.8. The van der Waals surface area contributed by atoms with Crippen molar-refractivity contribution in [2.24, 2.45) is 0 Å². The summed E-state index contributed by atoms with van der Waals surface area (Å²) in [6, 6.07) is 14.5. The number of fused-ring (bicyclic) bond motifs is 1. The van der Waals surface area contributed by atoms with Crippen LogP contribution >= 0.6 is 0 Å². The molecule has 11 heteroatoms. The van der Waals surface area contributed by atoms with Crippen LogP contribution in [0.4, 0.5) is 24.5 Å². The Bertz CT molecular complexity index is 1430. The minimum atomic E-state index is -4.97. The summed E-state index contributed by atoms with van der Waals surface area (Å²) in [5.41, 5.74) is 5.85. The van der Waals surface area contributed by atoms with Gasteiger partial charge in [0.2, 0.25) is 0 Å². The molecule has 8 nitrogen and oxygen atoms in total. The van der Waals surface area contributed by atoms with E-state index in [1.165, 1.54) is 24.3 Å². The maximum Gasteiger partial charge on any atom is 0.573 e. The number of alkyl halides is 3. The number of nitro groups is 1. The number of aromatic amines is 1. The normalized spacial score (nSPS) is 11.5. The van der Waals surface area contributed by atoms with Crippen LogP contribution in [0.2, 0.25) is 0 Å². The Morgan fingerprint density at radius 3 is 2.48 bits per heavy atom. The molecule has 0 spiro atoms. The molecule has 4 rings (SSSR count). The van der Waals surface area contributed by atoms with Crippen molar-refractivity contribution >= 4 is 22.1 Å². The second-order valence-corrected chi connectivity index (χ2v) is 7.13. The molecule has 0 unspecified atom stereocenters. The number of H-pyrrole nitrogens is 1. The fourth-order valence-electron chi connectivity index (χ4n) is 3.50. The molecular weight excluding hydrogens is 441 g/mol.